The summed E-state index contributed by atoms with van der Waals surface area (Å²) >= 11 is 0. The van der Waals surface area contributed by atoms with E-state index in [0.29, 0.717) is 0 Å². The quantitative estimate of drug-likeness (QED) is 0.770. The maximum absolute atomic E-state index is 12.8. The van der Waals surface area contributed by atoms with Gasteiger partial charge in [0.05, 0.1) is 5.41 Å². The molecule has 3 rings (SSSR count). The molecule has 128 valence electrons. The van der Waals surface area contributed by atoms with Gasteiger partial charge in [0.25, 0.3) is 0 Å². The van der Waals surface area contributed by atoms with E-state index in [1.165, 1.54) is 0 Å². The van der Waals surface area contributed by atoms with Crippen LogP contribution in [0.4, 0.5) is 5.69 Å². The van der Waals surface area contributed by atoms with Gasteiger partial charge in [0.2, 0.25) is 5.91 Å². The van der Waals surface area contributed by atoms with Crippen molar-refractivity contribution in [3.05, 3.63) is 66.5 Å². The van der Waals surface area contributed by atoms with Crippen molar-refractivity contribution in [2.75, 3.05) is 5.32 Å². The smallest absolute Gasteiger partial charge is 0.234 e. The summed E-state index contributed by atoms with van der Waals surface area (Å²) in [6.45, 7) is 6.69. The van der Waals surface area contributed by atoms with E-state index in [1.54, 1.807) is 6.33 Å². The van der Waals surface area contributed by atoms with Gasteiger partial charge < -0.3 is 9.88 Å². The minimum Gasteiger partial charge on any atom is -0.325 e. The second-order valence-electron chi connectivity index (χ2n) is 6.47. The summed E-state index contributed by atoms with van der Waals surface area (Å²) in [7, 11) is 0. The third-order valence-corrected chi connectivity index (χ3v) is 4.40. The maximum Gasteiger partial charge on any atom is 0.234 e. The molecule has 0 fully saturated rings. The fourth-order valence-corrected chi connectivity index (χ4v) is 2.72. The number of hydrogen-bond donors (Lipinski definition) is 1. The van der Waals surface area contributed by atoms with Gasteiger partial charge in [0.15, 0.2) is 5.82 Å². The van der Waals surface area contributed by atoms with E-state index in [1.807, 2.05) is 79.9 Å². The summed E-state index contributed by atoms with van der Waals surface area (Å²) < 4.78 is 1.97. The van der Waals surface area contributed by atoms with Crippen molar-refractivity contribution >= 4 is 11.6 Å². The molecule has 0 spiro atoms. The number of anilines is 1. The molecule has 5 heteroatoms. The van der Waals surface area contributed by atoms with Gasteiger partial charge in [-0.3, -0.25) is 4.79 Å². The molecule has 0 aliphatic rings. The van der Waals surface area contributed by atoms with Crippen molar-refractivity contribution in [3.8, 4) is 11.4 Å². The lowest BCUT2D eigenvalue weighted by Gasteiger charge is -2.24. The number of hydrogen-bond acceptors (Lipinski definition) is 3. The lowest BCUT2D eigenvalue weighted by Crippen LogP contribution is -2.34. The third-order valence-electron chi connectivity index (χ3n) is 4.40. The molecule has 0 unspecified atom stereocenters. The van der Waals surface area contributed by atoms with Crippen molar-refractivity contribution < 1.29 is 4.79 Å². The van der Waals surface area contributed by atoms with E-state index in [-0.39, 0.29) is 5.91 Å². The highest BCUT2D eigenvalue weighted by molar-refractivity contribution is 5.98. The highest BCUT2D eigenvalue weighted by Crippen LogP contribution is 2.26. The van der Waals surface area contributed by atoms with E-state index >= 15 is 0 Å². The number of aryl methyl sites for hydroxylation is 1. The Morgan fingerprint density at radius 3 is 2.60 bits per heavy atom. The SMILES string of the molecule is CCn1cnnc1-c1cccc(NC(=O)C(C)(C)c2ccccc2)c1. The lowest BCUT2D eigenvalue weighted by molar-refractivity contribution is -0.120. The second-order valence-corrected chi connectivity index (χ2v) is 6.47. The number of nitrogens with zero attached hydrogens (tertiary/aromatic N) is 3. The number of aromatic nitrogens is 3. The standard InChI is InChI=1S/C20H22N4O/c1-4-24-14-21-23-18(24)15-9-8-12-17(13-15)22-19(25)20(2,3)16-10-6-5-7-11-16/h5-14H,4H2,1-3H3,(H,22,25). The van der Waals surface area contributed by atoms with Crippen molar-refractivity contribution in [3.63, 3.8) is 0 Å². The fourth-order valence-electron chi connectivity index (χ4n) is 2.72. The Morgan fingerprint density at radius 1 is 1.12 bits per heavy atom. The molecule has 1 aromatic heterocycles. The predicted molar refractivity (Wildman–Crippen MR) is 99.2 cm³/mol. The molecule has 0 aliphatic carbocycles. The van der Waals surface area contributed by atoms with Crippen LogP contribution in [0.5, 0.6) is 0 Å². The van der Waals surface area contributed by atoms with Crippen LogP contribution >= 0.6 is 0 Å². The molecule has 0 bridgehead atoms. The highest BCUT2D eigenvalue weighted by Gasteiger charge is 2.29. The van der Waals surface area contributed by atoms with Crippen LogP contribution in [0.3, 0.4) is 0 Å². The summed E-state index contributed by atoms with van der Waals surface area (Å²) in [6, 6.07) is 17.5. The monoisotopic (exact) mass is 334 g/mol. The summed E-state index contributed by atoms with van der Waals surface area (Å²) in [6.07, 6.45) is 1.71. The molecule has 0 atom stereocenters. The van der Waals surface area contributed by atoms with Crippen LogP contribution in [0.1, 0.15) is 26.3 Å². The highest BCUT2D eigenvalue weighted by atomic mass is 16.2. The number of nitrogens with one attached hydrogen (secondary N) is 1. The molecule has 5 nitrogen and oxygen atoms in total. The first-order valence-electron chi connectivity index (χ1n) is 8.37. The Balaban J connectivity index is 1.84. The molecular weight excluding hydrogens is 312 g/mol. The Bertz CT molecular complexity index is 868. The van der Waals surface area contributed by atoms with Crippen LogP contribution in [0.15, 0.2) is 60.9 Å². The molecule has 0 aliphatic heterocycles. The molecule has 1 heterocycles. The van der Waals surface area contributed by atoms with Crippen LogP contribution in [0, 0.1) is 0 Å². The van der Waals surface area contributed by atoms with Crippen molar-refractivity contribution in [1.82, 2.24) is 14.8 Å². The van der Waals surface area contributed by atoms with Crippen molar-refractivity contribution in [2.45, 2.75) is 32.7 Å². The Hall–Kier alpha value is -2.95. The van der Waals surface area contributed by atoms with Crippen molar-refractivity contribution in [1.29, 1.82) is 0 Å². The molecule has 3 aromatic rings. The van der Waals surface area contributed by atoms with Gasteiger partial charge in [-0.05, 0) is 38.5 Å². The molecule has 25 heavy (non-hydrogen) atoms. The molecule has 1 amide bonds. The molecule has 0 saturated carbocycles. The topological polar surface area (TPSA) is 59.8 Å². The van der Waals surface area contributed by atoms with E-state index in [4.69, 9.17) is 0 Å². The largest absolute Gasteiger partial charge is 0.325 e. The summed E-state index contributed by atoms with van der Waals surface area (Å²) in [5.41, 5.74) is 2.03. The maximum atomic E-state index is 12.8. The van der Waals surface area contributed by atoms with Crippen molar-refractivity contribution in [2.24, 2.45) is 0 Å². The van der Waals surface area contributed by atoms with Gasteiger partial charge in [-0.25, -0.2) is 0 Å². The first-order chi connectivity index (χ1) is 12.0. The Kier molecular flexibility index (Phi) is 4.65. The van der Waals surface area contributed by atoms with Crippen LogP contribution in [-0.4, -0.2) is 20.7 Å². The summed E-state index contributed by atoms with van der Waals surface area (Å²) in [5, 5.41) is 11.2. The van der Waals surface area contributed by atoms with Crippen LogP contribution in [0.2, 0.25) is 0 Å². The molecule has 1 N–H and O–H groups in total. The number of carbonyl (C=O) groups excluding carboxylic acids is 1. The third kappa shape index (κ3) is 3.45. The molecular formula is C20H22N4O. The molecule has 0 saturated heterocycles. The molecule has 0 radical (unpaired) electrons. The van der Waals surface area contributed by atoms with E-state index in [2.05, 4.69) is 15.5 Å². The zero-order valence-corrected chi connectivity index (χ0v) is 14.7. The van der Waals surface area contributed by atoms with Gasteiger partial charge >= 0.3 is 0 Å². The van der Waals surface area contributed by atoms with Gasteiger partial charge in [-0.2, -0.15) is 0 Å². The van der Waals surface area contributed by atoms with Gasteiger partial charge in [0, 0.05) is 17.8 Å². The minimum atomic E-state index is -0.624. The number of amides is 1. The van der Waals surface area contributed by atoms with E-state index in [9.17, 15) is 4.79 Å². The number of carbonyl (C=O) groups is 1. The van der Waals surface area contributed by atoms with E-state index in [0.717, 1.165) is 29.2 Å². The van der Waals surface area contributed by atoms with Crippen LogP contribution in [0.25, 0.3) is 11.4 Å². The number of benzene rings is 2. The fraction of sp³-hybridized carbons (Fsp3) is 0.250. The van der Waals surface area contributed by atoms with Gasteiger partial charge in [0.1, 0.15) is 6.33 Å². The predicted octanol–water partition coefficient (Wildman–Crippen LogP) is 3.88. The second kappa shape index (κ2) is 6.89. The minimum absolute atomic E-state index is 0.0483. The average Bonchev–Trinajstić information content (AvgIpc) is 3.11. The lowest BCUT2D eigenvalue weighted by atomic mass is 9.83. The van der Waals surface area contributed by atoms with Crippen LogP contribution in [-0.2, 0) is 16.8 Å². The average molecular weight is 334 g/mol. The summed E-state index contributed by atoms with van der Waals surface area (Å²) in [4.78, 5) is 12.8. The van der Waals surface area contributed by atoms with Gasteiger partial charge in [-0.1, -0.05) is 42.5 Å². The van der Waals surface area contributed by atoms with E-state index < -0.39 is 5.41 Å². The van der Waals surface area contributed by atoms with Gasteiger partial charge in [-0.15, -0.1) is 10.2 Å². The first-order valence-corrected chi connectivity index (χ1v) is 8.37. The number of rotatable bonds is 5. The normalized spacial score (nSPS) is 11.3. The van der Waals surface area contributed by atoms with Crippen LogP contribution < -0.4 is 5.32 Å². The zero-order valence-electron chi connectivity index (χ0n) is 14.7. The summed E-state index contributed by atoms with van der Waals surface area (Å²) in [5.74, 6) is 0.744. The first kappa shape index (κ1) is 16.9. The Labute approximate surface area is 147 Å². The molecule has 2 aromatic carbocycles. The Morgan fingerprint density at radius 2 is 1.88 bits per heavy atom. The zero-order chi connectivity index (χ0) is 17.9.